The van der Waals surface area contributed by atoms with Gasteiger partial charge in [-0.1, -0.05) is 0 Å². The first-order valence-electron chi connectivity index (χ1n) is 3.52. The van der Waals surface area contributed by atoms with Gasteiger partial charge in [-0.2, -0.15) is 10.5 Å². The third-order valence-electron chi connectivity index (χ3n) is 0.576. The second kappa shape index (κ2) is 4.71. The van der Waals surface area contributed by atoms with E-state index in [1.54, 1.807) is 27.7 Å². The van der Waals surface area contributed by atoms with Crippen molar-refractivity contribution in [2.75, 3.05) is 0 Å². The van der Waals surface area contributed by atoms with E-state index >= 15 is 0 Å². The summed E-state index contributed by atoms with van der Waals surface area (Å²) in [5.41, 5.74) is 9.04. The Kier molecular flexibility index (Phi) is 5.30. The first-order chi connectivity index (χ1) is 5.12. The van der Waals surface area contributed by atoms with Gasteiger partial charge in [-0.15, -0.1) is 0 Å². The highest BCUT2D eigenvalue weighted by Crippen LogP contribution is 1.89. The zero-order valence-corrected chi connectivity index (χ0v) is 8.05. The molecule has 4 heteroatoms. The fourth-order valence-corrected chi connectivity index (χ4v) is 0. The molecule has 0 fully saturated rings. The van der Waals surface area contributed by atoms with Crippen LogP contribution in [0.3, 0.4) is 0 Å². The Morgan fingerprint density at radius 3 is 0.917 bits per heavy atom. The van der Waals surface area contributed by atoms with E-state index in [9.17, 15) is 0 Å². The summed E-state index contributed by atoms with van der Waals surface area (Å²) in [5, 5.41) is 16.1. The van der Waals surface area contributed by atoms with Crippen LogP contribution in [0.4, 0.5) is 0 Å². The van der Waals surface area contributed by atoms with Crippen LogP contribution in [0, 0.1) is 22.7 Å². The second-order valence-electron chi connectivity index (χ2n) is 3.67. The molecule has 0 atom stereocenters. The van der Waals surface area contributed by atoms with E-state index in [1.165, 1.54) is 0 Å². The lowest BCUT2D eigenvalue weighted by molar-refractivity contribution is 0.670. The van der Waals surface area contributed by atoms with Crippen molar-refractivity contribution in [3.05, 3.63) is 0 Å². The molecule has 68 valence electrons. The van der Waals surface area contributed by atoms with Gasteiger partial charge in [-0.25, -0.2) is 0 Å². The quantitative estimate of drug-likeness (QED) is 0.550. The summed E-state index contributed by atoms with van der Waals surface area (Å²) in [4.78, 5) is 0. The largest absolute Gasteiger partial charge is 0.314 e. The Morgan fingerprint density at radius 1 is 0.833 bits per heavy atom. The van der Waals surface area contributed by atoms with Gasteiger partial charge < -0.3 is 11.5 Å². The number of nitriles is 2. The van der Waals surface area contributed by atoms with E-state index in [0.29, 0.717) is 0 Å². The SMILES string of the molecule is CC(C)(N)C#N.CC(C)(N)C#N. The molecule has 0 aliphatic carbocycles. The minimum Gasteiger partial charge on any atom is -0.314 e. The van der Waals surface area contributed by atoms with Crippen molar-refractivity contribution in [1.82, 2.24) is 0 Å². The Hall–Kier alpha value is -1.10. The molecule has 0 aromatic rings. The Morgan fingerprint density at radius 2 is 0.917 bits per heavy atom. The van der Waals surface area contributed by atoms with Gasteiger partial charge in [0.1, 0.15) is 0 Å². The number of hydrogen-bond acceptors (Lipinski definition) is 4. The first-order valence-corrected chi connectivity index (χ1v) is 3.52. The average Bonchev–Trinajstić information content (AvgIpc) is 1.86. The molecule has 0 aliphatic rings. The van der Waals surface area contributed by atoms with E-state index in [2.05, 4.69) is 0 Å². The van der Waals surface area contributed by atoms with Crippen molar-refractivity contribution in [1.29, 1.82) is 10.5 Å². The van der Waals surface area contributed by atoms with Crippen molar-refractivity contribution in [3.63, 3.8) is 0 Å². The molecule has 0 rings (SSSR count). The summed E-state index contributed by atoms with van der Waals surface area (Å²) in [6.07, 6.45) is 0. The maximum absolute atomic E-state index is 8.03. The summed E-state index contributed by atoms with van der Waals surface area (Å²) in [7, 11) is 0. The molecular weight excluding hydrogens is 152 g/mol. The third kappa shape index (κ3) is 23.1. The predicted octanol–water partition coefficient (Wildman–Crippen LogP) is 0.495. The van der Waals surface area contributed by atoms with E-state index in [1.807, 2.05) is 12.1 Å². The van der Waals surface area contributed by atoms with Crippen molar-refractivity contribution < 1.29 is 0 Å². The van der Waals surface area contributed by atoms with Gasteiger partial charge >= 0.3 is 0 Å². The Labute approximate surface area is 73.8 Å². The standard InChI is InChI=1S/2C4H8N2/c2*1-4(2,6)3-5/h2*6H2,1-2H3. The first kappa shape index (κ1) is 13.5. The molecule has 0 aromatic carbocycles. The van der Waals surface area contributed by atoms with E-state index in [0.717, 1.165) is 0 Å². The predicted molar refractivity (Wildman–Crippen MR) is 47.8 cm³/mol. The van der Waals surface area contributed by atoms with Crippen LogP contribution in [0.2, 0.25) is 0 Å². The summed E-state index contributed by atoms with van der Waals surface area (Å²) >= 11 is 0. The highest BCUT2D eigenvalue weighted by molar-refractivity contribution is 4.96. The normalized spacial score (nSPS) is 10.3. The lowest BCUT2D eigenvalue weighted by Crippen LogP contribution is -2.28. The number of nitrogens with zero attached hydrogens (tertiary/aromatic N) is 2. The lowest BCUT2D eigenvalue weighted by atomic mass is 10.1. The fourth-order valence-electron chi connectivity index (χ4n) is 0. The average molecular weight is 168 g/mol. The van der Waals surface area contributed by atoms with Crippen LogP contribution in [0.5, 0.6) is 0 Å². The molecule has 0 aliphatic heterocycles. The summed E-state index contributed by atoms with van der Waals surface area (Å²) in [5.74, 6) is 0. The molecule has 0 bridgehead atoms. The van der Waals surface area contributed by atoms with Gasteiger partial charge in [-0.3, -0.25) is 0 Å². The third-order valence-corrected chi connectivity index (χ3v) is 0.576. The number of rotatable bonds is 0. The van der Waals surface area contributed by atoms with E-state index < -0.39 is 11.1 Å². The van der Waals surface area contributed by atoms with Gasteiger partial charge in [-0.05, 0) is 27.7 Å². The number of nitrogens with two attached hydrogens (primary N) is 2. The van der Waals surface area contributed by atoms with Crippen LogP contribution in [0.15, 0.2) is 0 Å². The zero-order chi connectivity index (χ0) is 10.4. The van der Waals surface area contributed by atoms with Crippen molar-refractivity contribution in [2.45, 2.75) is 38.8 Å². The summed E-state index contributed by atoms with van der Waals surface area (Å²) in [6, 6.07) is 3.76. The molecule has 4 nitrogen and oxygen atoms in total. The minimum atomic E-state index is -0.653. The monoisotopic (exact) mass is 168 g/mol. The molecule has 0 aromatic heterocycles. The topological polar surface area (TPSA) is 99.6 Å². The highest BCUT2D eigenvalue weighted by atomic mass is 14.7. The van der Waals surface area contributed by atoms with Gasteiger partial charge in [0.05, 0.1) is 23.2 Å². The molecule has 0 radical (unpaired) electrons. The zero-order valence-electron chi connectivity index (χ0n) is 8.05. The summed E-state index contributed by atoms with van der Waals surface area (Å²) < 4.78 is 0. The van der Waals surface area contributed by atoms with E-state index in [4.69, 9.17) is 22.0 Å². The molecular formula is C8H16N4. The Balaban J connectivity index is 0. The molecule has 0 unspecified atom stereocenters. The molecule has 0 spiro atoms. The molecule has 0 saturated carbocycles. The van der Waals surface area contributed by atoms with Crippen molar-refractivity contribution >= 4 is 0 Å². The van der Waals surface area contributed by atoms with Gasteiger partial charge in [0, 0.05) is 0 Å². The Bertz CT molecular complexity index is 169. The minimum absolute atomic E-state index is 0.653. The van der Waals surface area contributed by atoms with E-state index in [-0.39, 0.29) is 0 Å². The molecule has 12 heavy (non-hydrogen) atoms. The van der Waals surface area contributed by atoms with Crippen LogP contribution < -0.4 is 11.5 Å². The maximum Gasteiger partial charge on any atom is 0.0981 e. The van der Waals surface area contributed by atoms with Crippen LogP contribution in [-0.4, -0.2) is 11.1 Å². The van der Waals surface area contributed by atoms with Crippen LogP contribution in [-0.2, 0) is 0 Å². The van der Waals surface area contributed by atoms with Crippen molar-refractivity contribution in [3.8, 4) is 12.1 Å². The molecule has 0 amide bonds. The fraction of sp³-hybridized carbons (Fsp3) is 0.750. The highest BCUT2D eigenvalue weighted by Gasteiger charge is 2.05. The second-order valence-corrected chi connectivity index (χ2v) is 3.67. The van der Waals surface area contributed by atoms with Crippen LogP contribution in [0.25, 0.3) is 0 Å². The summed E-state index contributed by atoms with van der Waals surface area (Å²) in [6.45, 7) is 6.64. The van der Waals surface area contributed by atoms with Crippen LogP contribution in [0.1, 0.15) is 27.7 Å². The molecule has 0 saturated heterocycles. The van der Waals surface area contributed by atoms with Gasteiger partial charge in [0.25, 0.3) is 0 Å². The van der Waals surface area contributed by atoms with Gasteiger partial charge in [0.15, 0.2) is 0 Å². The van der Waals surface area contributed by atoms with Crippen LogP contribution >= 0.6 is 0 Å². The number of hydrogen-bond donors (Lipinski definition) is 2. The maximum atomic E-state index is 8.03. The van der Waals surface area contributed by atoms with Gasteiger partial charge in [0.2, 0.25) is 0 Å². The van der Waals surface area contributed by atoms with Crippen molar-refractivity contribution in [2.24, 2.45) is 11.5 Å². The lowest BCUT2D eigenvalue weighted by Gasteiger charge is -2.02. The smallest absolute Gasteiger partial charge is 0.0981 e. The molecule has 4 N–H and O–H groups in total. The molecule has 0 heterocycles.